The summed E-state index contributed by atoms with van der Waals surface area (Å²) in [6.07, 6.45) is -1.26. The molecule has 0 spiro atoms. The molecule has 2 atom stereocenters. The van der Waals surface area contributed by atoms with Crippen molar-refractivity contribution < 1.29 is 38.2 Å². The molecule has 3 N–H and O–H groups in total. The molecule has 36 heavy (non-hydrogen) atoms. The molecular weight excluding hydrogens is 585 g/mol. The Morgan fingerprint density at radius 2 is 1.33 bits per heavy atom. The highest BCUT2D eigenvalue weighted by molar-refractivity contribution is 14.1. The van der Waals surface area contributed by atoms with Crippen molar-refractivity contribution in [1.82, 2.24) is 16.0 Å². The maximum Gasteiger partial charge on any atom is 0.408 e. The first-order valence-corrected chi connectivity index (χ1v) is 12.4. The van der Waals surface area contributed by atoms with Gasteiger partial charge in [-0.2, -0.15) is 0 Å². The van der Waals surface area contributed by atoms with Gasteiger partial charge in [-0.05, 0) is 73.9 Å². The number of hydrogen-bond acceptors (Lipinski definition) is 8. The number of methoxy groups -OCH3 is 2. The normalized spacial score (nSPS) is 12.5. The lowest BCUT2D eigenvalue weighted by atomic mass is 10.1. The average Bonchev–Trinajstić information content (AvgIpc) is 2.81. The quantitative estimate of drug-likeness (QED) is 0.183. The van der Waals surface area contributed by atoms with Gasteiger partial charge in [0.1, 0.15) is 17.7 Å². The summed E-state index contributed by atoms with van der Waals surface area (Å²) in [5, 5.41) is 7.74. The topological polar surface area (TPSA) is 149 Å². The number of benzene rings is 1. The van der Waals surface area contributed by atoms with Gasteiger partial charge in [-0.1, -0.05) is 12.1 Å². The highest BCUT2D eigenvalue weighted by atomic mass is 127. The van der Waals surface area contributed by atoms with Crippen LogP contribution < -0.4 is 16.0 Å². The zero-order valence-electron chi connectivity index (χ0n) is 21.1. The minimum absolute atomic E-state index is 0.0346. The molecule has 1 aromatic carbocycles. The highest BCUT2D eigenvalue weighted by Crippen LogP contribution is 2.10. The molecule has 0 aliphatic carbocycles. The smallest absolute Gasteiger partial charge is 0.408 e. The molecule has 0 saturated heterocycles. The molecule has 11 nitrogen and oxygen atoms in total. The van der Waals surface area contributed by atoms with Gasteiger partial charge in [-0.3, -0.25) is 19.2 Å². The van der Waals surface area contributed by atoms with E-state index in [0.29, 0.717) is 0 Å². The van der Waals surface area contributed by atoms with Gasteiger partial charge < -0.3 is 30.2 Å². The third-order valence-corrected chi connectivity index (χ3v) is 5.47. The van der Waals surface area contributed by atoms with E-state index < -0.39 is 47.5 Å². The van der Waals surface area contributed by atoms with Crippen LogP contribution in [0.15, 0.2) is 24.3 Å². The first-order chi connectivity index (χ1) is 16.8. The summed E-state index contributed by atoms with van der Waals surface area (Å²) in [6.45, 7) is 5.20. The Hall–Kier alpha value is -2.90. The number of nitrogens with one attached hydrogen (secondary N) is 3. The van der Waals surface area contributed by atoms with Crippen LogP contribution in [-0.4, -0.2) is 61.8 Å². The van der Waals surface area contributed by atoms with Crippen LogP contribution >= 0.6 is 22.6 Å². The summed E-state index contributed by atoms with van der Waals surface area (Å²) in [4.78, 5) is 61.5. The maximum absolute atomic E-state index is 13.1. The molecule has 3 amide bonds. The second kappa shape index (κ2) is 15.3. The number of carbonyl (C=O) groups excluding carboxylic acids is 5. The number of alkyl carbamates (subject to hydrolysis) is 1. The Morgan fingerprint density at radius 3 is 1.81 bits per heavy atom. The van der Waals surface area contributed by atoms with Gasteiger partial charge in [0, 0.05) is 23.0 Å². The average molecular weight is 619 g/mol. The maximum atomic E-state index is 13.1. The van der Waals surface area contributed by atoms with E-state index >= 15 is 0 Å². The van der Waals surface area contributed by atoms with Crippen molar-refractivity contribution in [2.75, 3.05) is 14.2 Å². The Morgan fingerprint density at radius 1 is 0.833 bits per heavy atom. The molecule has 0 bridgehead atoms. The highest BCUT2D eigenvalue weighted by Gasteiger charge is 2.29. The fraction of sp³-hybridized carbons (Fsp3) is 0.542. The van der Waals surface area contributed by atoms with E-state index in [1.165, 1.54) is 14.2 Å². The summed E-state index contributed by atoms with van der Waals surface area (Å²) in [6, 6.07) is 5.22. The number of amides is 3. The number of rotatable bonds is 12. The fourth-order valence-electron chi connectivity index (χ4n) is 2.90. The van der Waals surface area contributed by atoms with Gasteiger partial charge in [0.25, 0.3) is 0 Å². The first kappa shape index (κ1) is 31.1. The van der Waals surface area contributed by atoms with E-state index in [-0.39, 0.29) is 32.2 Å². The number of ether oxygens (including phenoxy) is 3. The van der Waals surface area contributed by atoms with E-state index in [1.807, 2.05) is 24.3 Å². The minimum atomic E-state index is -1.19. The van der Waals surface area contributed by atoms with E-state index in [9.17, 15) is 24.0 Å². The molecular formula is C24H34IN3O8. The summed E-state index contributed by atoms with van der Waals surface area (Å²) in [5.41, 5.74) is 0.0377. The van der Waals surface area contributed by atoms with Crippen LogP contribution in [0.25, 0.3) is 0 Å². The predicted octanol–water partition coefficient (Wildman–Crippen LogP) is 2.19. The number of halogens is 1. The molecule has 0 aliphatic rings. The third kappa shape index (κ3) is 12.7. The van der Waals surface area contributed by atoms with Crippen LogP contribution in [0.1, 0.15) is 52.0 Å². The Balaban J connectivity index is 2.96. The number of esters is 2. The largest absolute Gasteiger partial charge is 0.469 e. The Kier molecular flexibility index (Phi) is 13.2. The van der Waals surface area contributed by atoms with Crippen LogP contribution in [0.3, 0.4) is 0 Å². The summed E-state index contributed by atoms with van der Waals surface area (Å²) in [7, 11) is 2.43. The molecule has 2 unspecified atom stereocenters. The Bertz CT molecular complexity index is 915. The molecule has 0 saturated carbocycles. The van der Waals surface area contributed by atoms with E-state index in [0.717, 1.165) is 9.13 Å². The van der Waals surface area contributed by atoms with Crippen LogP contribution in [-0.2, 0) is 39.9 Å². The SMILES string of the molecule is COC(=O)CCC(NC(=O)OC(C)(C)C)C(=O)NC(CCC(=O)OC)C(=O)NCc1ccc(I)cc1. The van der Waals surface area contributed by atoms with Crippen molar-refractivity contribution in [2.24, 2.45) is 0 Å². The molecule has 0 fully saturated rings. The second-order valence-electron chi connectivity index (χ2n) is 8.83. The Labute approximate surface area is 224 Å². The van der Waals surface area contributed by atoms with Crippen LogP contribution in [0, 0.1) is 3.57 Å². The van der Waals surface area contributed by atoms with E-state index in [1.54, 1.807) is 20.8 Å². The zero-order valence-corrected chi connectivity index (χ0v) is 23.3. The minimum Gasteiger partial charge on any atom is -0.469 e. The lowest BCUT2D eigenvalue weighted by molar-refractivity contribution is -0.142. The zero-order chi connectivity index (χ0) is 27.3. The van der Waals surface area contributed by atoms with Crippen molar-refractivity contribution in [3.05, 3.63) is 33.4 Å². The summed E-state index contributed by atoms with van der Waals surface area (Å²) in [5.74, 6) is -2.36. The molecule has 0 aliphatic heterocycles. The molecule has 0 radical (unpaired) electrons. The van der Waals surface area contributed by atoms with Crippen molar-refractivity contribution in [2.45, 2.75) is 70.7 Å². The van der Waals surface area contributed by atoms with E-state index in [2.05, 4.69) is 48.0 Å². The van der Waals surface area contributed by atoms with Gasteiger partial charge in [-0.25, -0.2) is 4.79 Å². The van der Waals surface area contributed by atoms with E-state index in [4.69, 9.17) is 4.74 Å². The lowest BCUT2D eigenvalue weighted by Gasteiger charge is -2.25. The third-order valence-electron chi connectivity index (χ3n) is 4.75. The molecule has 12 heteroatoms. The van der Waals surface area contributed by atoms with Gasteiger partial charge in [0.15, 0.2) is 0 Å². The standard InChI is InChI=1S/C24H34IN3O8/c1-24(2,3)36-23(33)28-18(11-13-20(30)35-5)22(32)27-17(10-12-19(29)34-4)21(31)26-14-15-6-8-16(25)9-7-15/h6-9,17-18H,10-14H2,1-5H3,(H,26,31)(H,27,32)(H,28,33). The molecule has 1 rings (SSSR count). The number of carbonyl (C=O) groups is 5. The van der Waals surface area contributed by atoms with Crippen molar-refractivity contribution >= 4 is 52.4 Å². The predicted molar refractivity (Wildman–Crippen MR) is 139 cm³/mol. The first-order valence-electron chi connectivity index (χ1n) is 11.3. The summed E-state index contributed by atoms with van der Waals surface area (Å²) < 4.78 is 15.5. The van der Waals surface area contributed by atoms with Gasteiger partial charge in [0.2, 0.25) is 11.8 Å². The fourth-order valence-corrected chi connectivity index (χ4v) is 3.26. The van der Waals surface area contributed by atoms with Crippen molar-refractivity contribution in [3.8, 4) is 0 Å². The van der Waals surface area contributed by atoms with Crippen molar-refractivity contribution in [3.63, 3.8) is 0 Å². The monoisotopic (exact) mass is 619 g/mol. The van der Waals surface area contributed by atoms with Crippen LogP contribution in [0.5, 0.6) is 0 Å². The number of hydrogen-bond donors (Lipinski definition) is 3. The van der Waals surface area contributed by atoms with Crippen LogP contribution in [0.4, 0.5) is 4.79 Å². The molecule has 200 valence electrons. The molecule has 0 aromatic heterocycles. The summed E-state index contributed by atoms with van der Waals surface area (Å²) >= 11 is 2.17. The second-order valence-corrected chi connectivity index (χ2v) is 10.1. The van der Waals surface area contributed by atoms with Crippen molar-refractivity contribution in [1.29, 1.82) is 0 Å². The van der Waals surface area contributed by atoms with Crippen LogP contribution in [0.2, 0.25) is 0 Å². The van der Waals surface area contributed by atoms with Gasteiger partial charge in [-0.15, -0.1) is 0 Å². The lowest BCUT2D eigenvalue weighted by Crippen LogP contribution is -2.54. The molecule has 0 heterocycles. The van der Waals surface area contributed by atoms with Gasteiger partial charge >= 0.3 is 18.0 Å². The molecule has 1 aromatic rings. The van der Waals surface area contributed by atoms with Gasteiger partial charge in [0.05, 0.1) is 14.2 Å².